The topological polar surface area (TPSA) is 60.0 Å². The average Bonchev–Trinajstić information content (AvgIpc) is 3.13. The molecule has 3 heterocycles. The molecule has 0 spiro atoms. The number of urea groups is 1. The van der Waals surface area contributed by atoms with Crippen molar-refractivity contribution < 1.29 is 4.79 Å². The van der Waals surface area contributed by atoms with Gasteiger partial charge in [0.1, 0.15) is 11.5 Å². The highest BCUT2D eigenvalue weighted by atomic mass is 35.5. The van der Waals surface area contributed by atoms with Gasteiger partial charge in [-0.1, -0.05) is 23.7 Å². The fourth-order valence-electron chi connectivity index (χ4n) is 2.88. The van der Waals surface area contributed by atoms with Crippen LogP contribution in [0, 0.1) is 0 Å². The molecule has 108 valence electrons. The summed E-state index contributed by atoms with van der Waals surface area (Å²) in [6, 6.07) is 7.52. The SMILES string of the molecule is O=C1N2CCNC2=C2NC=NC2N1Cc1ccc(Cl)cc1. The van der Waals surface area contributed by atoms with E-state index in [2.05, 4.69) is 15.6 Å². The zero-order chi connectivity index (χ0) is 14.4. The number of nitrogens with zero attached hydrogens (tertiary/aromatic N) is 3. The van der Waals surface area contributed by atoms with Crippen LogP contribution in [0.25, 0.3) is 0 Å². The third-order valence-electron chi connectivity index (χ3n) is 3.88. The molecule has 0 radical (unpaired) electrons. The Labute approximate surface area is 127 Å². The Morgan fingerprint density at radius 1 is 1.33 bits per heavy atom. The van der Waals surface area contributed by atoms with E-state index >= 15 is 0 Å². The van der Waals surface area contributed by atoms with E-state index in [1.807, 2.05) is 24.3 Å². The van der Waals surface area contributed by atoms with Gasteiger partial charge in [-0.2, -0.15) is 0 Å². The molecule has 1 unspecified atom stereocenters. The van der Waals surface area contributed by atoms with Crippen LogP contribution in [0.3, 0.4) is 0 Å². The summed E-state index contributed by atoms with van der Waals surface area (Å²) in [5.74, 6) is 0.856. The number of halogens is 1. The predicted octanol–water partition coefficient (Wildman–Crippen LogP) is 1.31. The number of fused-ring (bicyclic) bond motifs is 2. The van der Waals surface area contributed by atoms with E-state index in [0.29, 0.717) is 18.1 Å². The molecule has 1 aromatic rings. The molecular formula is C14H14ClN5O. The summed E-state index contributed by atoms with van der Waals surface area (Å²) in [5.41, 5.74) is 1.98. The first-order chi connectivity index (χ1) is 10.2. The molecule has 0 aliphatic carbocycles. The van der Waals surface area contributed by atoms with Crippen molar-refractivity contribution in [3.63, 3.8) is 0 Å². The fourth-order valence-corrected chi connectivity index (χ4v) is 3.00. The average molecular weight is 304 g/mol. The molecule has 1 saturated heterocycles. The molecule has 0 bridgehead atoms. The van der Waals surface area contributed by atoms with Crippen LogP contribution in [0.15, 0.2) is 40.8 Å². The van der Waals surface area contributed by atoms with Crippen LogP contribution in [-0.4, -0.2) is 41.4 Å². The molecule has 21 heavy (non-hydrogen) atoms. The van der Waals surface area contributed by atoms with E-state index in [9.17, 15) is 4.79 Å². The molecule has 7 heteroatoms. The van der Waals surface area contributed by atoms with Gasteiger partial charge in [-0.3, -0.25) is 9.80 Å². The summed E-state index contributed by atoms with van der Waals surface area (Å²) < 4.78 is 0. The largest absolute Gasteiger partial charge is 0.368 e. The van der Waals surface area contributed by atoms with Crippen molar-refractivity contribution in [1.29, 1.82) is 0 Å². The highest BCUT2D eigenvalue weighted by molar-refractivity contribution is 6.30. The van der Waals surface area contributed by atoms with Crippen LogP contribution in [0.2, 0.25) is 5.02 Å². The van der Waals surface area contributed by atoms with Crippen LogP contribution in [0.5, 0.6) is 0 Å². The van der Waals surface area contributed by atoms with Gasteiger partial charge in [0, 0.05) is 24.7 Å². The van der Waals surface area contributed by atoms with Gasteiger partial charge in [0.05, 0.1) is 6.34 Å². The van der Waals surface area contributed by atoms with Gasteiger partial charge in [0.25, 0.3) is 0 Å². The van der Waals surface area contributed by atoms with E-state index in [1.54, 1.807) is 16.1 Å². The summed E-state index contributed by atoms with van der Waals surface area (Å²) in [5, 5.41) is 7.09. The summed E-state index contributed by atoms with van der Waals surface area (Å²) in [7, 11) is 0. The molecular weight excluding hydrogens is 290 g/mol. The van der Waals surface area contributed by atoms with Gasteiger partial charge in [0.2, 0.25) is 0 Å². The highest BCUT2D eigenvalue weighted by Crippen LogP contribution is 2.29. The zero-order valence-corrected chi connectivity index (χ0v) is 12.0. The lowest BCUT2D eigenvalue weighted by Crippen LogP contribution is -2.52. The minimum absolute atomic E-state index is 0.0143. The van der Waals surface area contributed by atoms with E-state index in [4.69, 9.17) is 11.6 Å². The molecule has 0 saturated carbocycles. The molecule has 1 aromatic carbocycles. The first-order valence-electron chi connectivity index (χ1n) is 6.83. The predicted molar refractivity (Wildman–Crippen MR) is 79.5 cm³/mol. The van der Waals surface area contributed by atoms with E-state index in [1.165, 1.54) is 0 Å². The van der Waals surface area contributed by atoms with Crippen LogP contribution < -0.4 is 10.6 Å². The Bertz CT molecular complexity index is 654. The van der Waals surface area contributed by atoms with Gasteiger partial charge in [0.15, 0.2) is 6.17 Å². The van der Waals surface area contributed by atoms with Gasteiger partial charge in [-0.05, 0) is 17.7 Å². The lowest BCUT2D eigenvalue weighted by atomic mass is 10.1. The van der Waals surface area contributed by atoms with Gasteiger partial charge >= 0.3 is 6.03 Å². The maximum Gasteiger partial charge on any atom is 0.328 e. The van der Waals surface area contributed by atoms with E-state index < -0.39 is 0 Å². The number of aliphatic imine (C=N–C) groups is 1. The van der Waals surface area contributed by atoms with Gasteiger partial charge in [-0.15, -0.1) is 0 Å². The van der Waals surface area contributed by atoms with Crippen LogP contribution in [0.4, 0.5) is 4.79 Å². The van der Waals surface area contributed by atoms with Crippen molar-refractivity contribution in [2.24, 2.45) is 4.99 Å². The number of hydrogen-bond acceptors (Lipinski definition) is 4. The van der Waals surface area contributed by atoms with E-state index in [-0.39, 0.29) is 12.2 Å². The minimum Gasteiger partial charge on any atom is -0.368 e. The second-order valence-corrected chi connectivity index (χ2v) is 5.61. The van der Waals surface area contributed by atoms with Crippen LogP contribution in [-0.2, 0) is 6.54 Å². The third-order valence-corrected chi connectivity index (χ3v) is 4.14. The monoisotopic (exact) mass is 303 g/mol. The molecule has 1 fully saturated rings. The van der Waals surface area contributed by atoms with Gasteiger partial charge in [-0.25, -0.2) is 9.79 Å². The Morgan fingerprint density at radius 2 is 2.14 bits per heavy atom. The Hall–Kier alpha value is -2.21. The quantitative estimate of drug-likeness (QED) is 0.866. The summed E-state index contributed by atoms with van der Waals surface area (Å²) >= 11 is 5.91. The second kappa shape index (κ2) is 4.66. The summed E-state index contributed by atoms with van der Waals surface area (Å²) in [6.07, 6.45) is 1.38. The first-order valence-corrected chi connectivity index (χ1v) is 7.20. The van der Waals surface area contributed by atoms with Crippen molar-refractivity contribution in [2.45, 2.75) is 12.7 Å². The Morgan fingerprint density at radius 3 is 2.95 bits per heavy atom. The third kappa shape index (κ3) is 1.94. The van der Waals surface area contributed by atoms with Crippen molar-refractivity contribution in [3.8, 4) is 0 Å². The number of hydrogen-bond donors (Lipinski definition) is 2. The molecule has 2 N–H and O–H groups in total. The van der Waals surface area contributed by atoms with E-state index in [0.717, 1.165) is 23.6 Å². The molecule has 1 atom stereocenters. The molecule has 0 aromatic heterocycles. The van der Waals surface area contributed by atoms with Crippen molar-refractivity contribution >= 4 is 24.0 Å². The lowest BCUT2D eigenvalue weighted by Gasteiger charge is -2.37. The zero-order valence-electron chi connectivity index (χ0n) is 11.2. The Kier molecular flexibility index (Phi) is 2.78. The summed E-state index contributed by atoms with van der Waals surface area (Å²) in [4.78, 5) is 20.6. The molecule has 4 rings (SSSR count). The number of nitrogens with one attached hydrogen (secondary N) is 2. The molecule has 6 nitrogen and oxygen atoms in total. The lowest BCUT2D eigenvalue weighted by molar-refractivity contribution is 0.143. The highest BCUT2D eigenvalue weighted by Gasteiger charge is 2.42. The Balaban J connectivity index is 1.67. The van der Waals surface area contributed by atoms with Crippen LogP contribution in [0.1, 0.15) is 5.56 Å². The van der Waals surface area contributed by atoms with Crippen molar-refractivity contribution in [2.75, 3.05) is 13.1 Å². The summed E-state index contributed by atoms with van der Waals surface area (Å²) in [6.45, 7) is 1.96. The van der Waals surface area contributed by atoms with Crippen LogP contribution >= 0.6 is 11.6 Å². The van der Waals surface area contributed by atoms with Crippen molar-refractivity contribution in [3.05, 3.63) is 46.4 Å². The number of carbonyl (C=O) groups is 1. The number of amides is 2. The maximum absolute atomic E-state index is 12.7. The standard InChI is InChI=1S/C14H14ClN5O/c15-10-3-1-9(2-4-10)7-20-13-11(17-8-18-13)12-16-5-6-19(12)14(20)21/h1-4,8,13,16H,5-7H2,(H,17,18). The molecule has 3 aliphatic rings. The number of rotatable bonds is 2. The fraction of sp³-hybridized carbons (Fsp3) is 0.286. The molecule has 3 aliphatic heterocycles. The number of carbonyl (C=O) groups excluding carboxylic acids is 1. The second-order valence-electron chi connectivity index (χ2n) is 5.17. The molecule has 2 amide bonds. The number of benzene rings is 1. The van der Waals surface area contributed by atoms with Gasteiger partial charge < -0.3 is 10.6 Å². The first kappa shape index (κ1) is 12.5. The van der Waals surface area contributed by atoms with Crippen molar-refractivity contribution in [1.82, 2.24) is 20.4 Å². The maximum atomic E-state index is 12.7. The smallest absolute Gasteiger partial charge is 0.328 e. The normalized spacial score (nSPS) is 23.1. The minimum atomic E-state index is -0.273.